The number of nitrogens with one attached hydrogen (secondary N) is 3. The van der Waals surface area contributed by atoms with Crippen LogP contribution in [-0.2, 0) is 9.59 Å². The number of nitrogens with zero attached hydrogens (tertiary/aromatic N) is 2. The summed E-state index contributed by atoms with van der Waals surface area (Å²) in [4.78, 5) is 30.6. The van der Waals surface area contributed by atoms with Crippen molar-refractivity contribution < 1.29 is 9.59 Å². The highest BCUT2D eigenvalue weighted by atomic mass is 16.2. The third-order valence-electron chi connectivity index (χ3n) is 4.32. The van der Waals surface area contributed by atoms with Gasteiger partial charge in [0.15, 0.2) is 5.96 Å². The van der Waals surface area contributed by atoms with Crippen molar-refractivity contribution in [3.8, 4) is 0 Å². The van der Waals surface area contributed by atoms with Crippen LogP contribution in [0.4, 0.5) is 11.4 Å². The van der Waals surface area contributed by atoms with Crippen molar-refractivity contribution in [1.82, 2.24) is 10.6 Å². The van der Waals surface area contributed by atoms with Gasteiger partial charge in [0.05, 0.1) is 6.04 Å². The van der Waals surface area contributed by atoms with Gasteiger partial charge in [-0.15, -0.1) is 0 Å². The molecule has 0 aliphatic carbocycles. The fourth-order valence-electron chi connectivity index (χ4n) is 3.05. The summed E-state index contributed by atoms with van der Waals surface area (Å²) in [5.41, 5.74) is 1.63. The number of aliphatic imine (C=N–C) groups is 1. The Morgan fingerprint density at radius 1 is 1.11 bits per heavy atom. The van der Waals surface area contributed by atoms with E-state index in [1.54, 1.807) is 4.90 Å². The standard InChI is InChI=1S/C21H25N5O2/c1-2-22-21(23-14-19(27)24-16-9-5-3-6-10-16)25-17-13-20(28)26(15-17)18-11-7-4-8-12-18/h3-12,17H,2,13-15H2,1H3,(H,24,27)(H2,22,23,25). The number of benzene rings is 2. The van der Waals surface area contributed by atoms with Crippen molar-refractivity contribution in [2.75, 3.05) is 29.9 Å². The number of anilines is 2. The lowest BCUT2D eigenvalue weighted by molar-refractivity contribution is -0.117. The second-order valence-electron chi connectivity index (χ2n) is 6.49. The molecule has 7 heteroatoms. The Morgan fingerprint density at radius 3 is 2.46 bits per heavy atom. The van der Waals surface area contributed by atoms with Gasteiger partial charge in [0.2, 0.25) is 11.8 Å². The van der Waals surface area contributed by atoms with E-state index in [9.17, 15) is 9.59 Å². The number of amides is 2. The quantitative estimate of drug-likeness (QED) is 0.529. The van der Waals surface area contributed by atoms with E-state index in [2.05, 4.69) is 20.9 Å². The van der Waals surface area contributed by atoms with Crippen LogP contribution < -0.4 is 20.9 Å². The smallest absolute Gasteiger partial charge is 0.246 e. The molecular formula is C21H25N5O2. The van der Waals surface area contributed by atoms with Crippen molar-refractivity contribution >= 4 is 29.1 Å². The van der Waals surface area contributed by atoms with Gasteiger partial charge in [-0.3, -0.25) is 9.59 Å². The Morgan fingerprint density at radius 2 is 1.79 bits per heavy atom. The van der Waals surface area contributed by atoms with E-state index in [0.29, 0.717) is 25.5 Å². The van der Waals surface area contributed by atoms with Gasteiger partial charge in [0.25, 0.3) is 0 Å². The highest BCUT2D eigenvalue weighted by Gasteiger charge is 2.31. The van der Waals surface area contributed by atoms with Crippen LogP contribution in [0.15, 0.2) is 65.7 Å². The van der Waals surface area contributed by atoms with Gasteiger partial charge in [-0.2, -0.15) is 0 Å². The van der Waals surface area contributed by atoms with E-state index in [4.69, 9.17) is 0 Å². The zero-order valence-corrected chi connectivity index (χ0v) is 15.9. The summed E-state index contributed by atoms with van der Waals surface area (Å²) in [7, 11) is 0. The number of hydrogen-bond donors (Lipinski definition) is 3. The van der Waals surface area contributed by atoms with Gasteiger partial charge < -0.3 is 20.9 Å². The van der Waals surface area contributed by atoms with Crippen LogP contribution >= 0.6 is 0 Å². The molecule has 3 rings (SSSR count). The summed E-state index contributed by atoms with van der Waals surface area (Å²) in [5.74, 6) is 0.400. The third-order valence-corrected chi connectivity index (χ3v) is 4.32. The first kappa shape index (κ1) is 19.4. The second-order valence-corrected chi connectivity index (χ2v) is 6.49. The number of para-hydroxylation sites is 2. The largest absolute Gasteiger partial charge is 0.357 e. The molecule has 0 saturated carbocycles. The number of guanidine groups is 1. The molecule has 2 amide bonds. The van der Waals surface area contributed by atoms with Crippen molar-refractivity contribution in [1.29, 1.82) is 0 Å². The van der Waals surface area contributed by atoms with Crippen LogP contribution in [0.3, 0.4) is 0 Å². The summed E-state index contributed by atoms with van der Waals surface area (Å²) in [5, 5.41) is 9.19. The maximum atomic E-state index is 12.4. The number of carbonyl (C=O) groups excluding carboxylic acids is 2. The van der Waals surface area contributed by atoms with Crippen molar-refractivity contribution in [2.24, 2.45) is 4.99 Å². The molecule has 28 heavy (non-hydrogen) atoms. The van der Waals surface area contributed by atoms with E-state index < -0.39 is 0 Å². The predicted octanol–water partition coefficient (Wildman–Crippen LogP) is 1.99. The minimum Gasteiger partial charge on any atom is -0.357 e. The molecule has 0 spiro atoms. The molecule has 1 saturated heterocycles. The zero-order chi connectivity index (χ0) is 19.8. The third kappa shape index (κ3) is 5.33. The molecule has 0 radical (unpaired) electrons. The number of hydrogen-bond acceptors (Lipinski definition) is 3. The van der Waals surface area contributed by atoms with Crippen LogP contribution in [0.5, 0.6) is 0 Å². The first-order chi connectivity index (χ1) is 13.7. The highest BCUT2D eigenvalue weighted by Crippen LogP contribution is 2.20. The Bertz CT molecular complexity index is 823. The molecule has 1 heterocycles. The first-order valence-corrected chi connectivity index (χ1v) is 9.41. The second kappa shape index (κ2) is 9.55. The Balaban J connectivity index is 1.57. The molecule has 1 aliphatic heterocycles. The number of carbonyl (C=O) groups is 2. The summed E-state index contributed by atoms with van der Waals surface area (Å²) in [6.07, 6.45) is 0.384. The maximum absolute atomic E-state index is 12.4. The minimum atomic E-state index is -0.197. The molecule has 2 aromatic rings. The normalized spacial score (nSPS) is 16.8. The van der Waals surface area contributed by atoms with Crippen LogP contribution in [0, 0.1) is 0 Å². The van der Waals surface area contributed by atoms with Crippen molar-refractivity contribution in [2.45, 2.75) is 19.4 Å². The predicted molar refractivity (Wildman–Crippen MR) is 111 cm³/mol. The van der Waals surface area contributed by atoms with Crippen LogP contribution in [-0.4, -0.2) is 43.5 Å². The fourth-order valence-corrected chi connectivity index (χ4v) is 3.05. The molecule has 7 nitrogen and oxygen atoms in total. The lowest BCUT2D eigenvalue weighted by Gasteiger charge is -2.19. The van der Waals surface area contributed by atoms with Gasteiger partial charge in [-0.05, 0) is 31.2 Å². The average molecular weight is 379 g/mol. The van der Waals surface area contributed by atoms with E-state index in [1.807, 2.05) is 67.6 Å². The summed E-state index contributed by atoms with van der Waals surface area (Å²) < 4.78 is 0. The summed E-state index contributed by atoms with van der Waals surface area (Å²) in [6.45, 7) is 3.17. The van der Waals surface area contributed by atoms with Gasteiger partial charge in [0.1, 0.15) is 6.54 Å². The maximum Gasteiger partial charge on any atom is 0.246 e. The summed E-state index contributed by atoms with van der Waals surface area (Å²) >= 11 is 0. The molecule has 1 atom stereocenters. The lowest BCUT2D eigenvalue weighted by Crippen LogP contribution is -2.45. The monoisotopic (exact) mass is 379 g/mol. The van der Waals surface area contributed by atoms with Gasteiger partial charge in [-0.25, -0.2) is 4.99 Å². The highest BCUT2D eigenvalue weighted by molar-refractivity contribution is 5.97. The fraction of sp³-hybridized carbons (Fsp3) is 0.286. The Labute approximate surface area is 164 Å². The molecule has 0 bridgehead atoms. The molecule has 146 valence electrons. The van der Waals surface area contributed by atoms with E-state index in [0.717, 1.165) is 11.4 Å². The van der Waals surface area contributed by atoms with Crippen molar-refractivity contribution in [3.63, 3.8) is 0 Å². The molecule has 1 fully saturated rings. The van der Waals surface area contributed by atoms with Crippen molar-refractivity contribution in [3.05, 3.63) is 60.7 Å². The molecule has 0 aromatic heterocycles. The first-order valence-electron chi connectivity index (χ1n) is 9.41. The van der Waals surface area contributed by atoms with Gasteiger partial charge >= 0.3 is 0 Å². The molecule has 2 aromatic carbocycles. The lowest BCUT2D eigenvalue weighted by atomic mass is 10.2. The van der Waals surface area contributed by atoms with Crippen LogP contribution in [0.2, 0.25) is 0 Å². The van der Waals surface area contributed by atoms with Crippen LogP contribution in [0.1, 0.15) is 13.3 Å². The van der Waals surface area contributed by atoms with Gasteiger partial charge in [-0.1, -0.05) is 36.4 Å². The molecule has 1 aliphatic rings. The van der Waals surface area contributed by atoms with E-state index in [1.165, 1.54) is 0 Å². The summed E-state index contributed by atoms with van der Waals surface area (Å²) in [6, 6.07) is 18.8. The van der Waals surface area contributed by atoms with Gasteiger partial charge in [0, 0.05) is 30.9 Å². The molecule has 3 N–H and O–H groups in total. The van der Waals surface area contributed by atoms with Crippen LogP contribution in [0.25, 0.3) is 0 Å². The van der Waals surface area contributed by atoms with E-state index in [-0.39, 0.29) is 24.4 Å². The Hall–Kier alpha value is -3.35. The number of rotatable bonds is 6. The zero-order valence-electron chi connectivity index (χ0n) is 15.9. The SMILES string of the molecule is CCNC(=NCC(=O)Nc1ccccc1)NC1CC(=O)N(c2ccccc2)C1. The minimum absolute atomic E-state index is 0.00665. The average Bonchev–Trinajstić information content (AvgIpc) is 3.08. The van der Waals surface area contributed by atoms with E-state index >= 15 is 0 Å². The molecular weight excluding hydrogens is 354 g/mol. The topological polar surface area (TPSA) is 85.8 Å². The molecule has 1 unspecified atom stereocenters. The Kier molecular flexibility index (Phi) is 6.62.